The highest BCUT2D eigenvalue weighted by molar-refractivity contribution is 5.79. The number of likely N-dealkylation sites (tertiary alicyclic amines) is 2. The van der Waals surface area contributed by atoms with E-state index < -0.39 is 0 Å². The minimum atomic E-state index is -0.145. The van der Waals surface area contributed by atoms with Gasteiger partial charge in [-0.15, -0.1) is 0 Å². The van der Waals surface area contributed by atoms with Gasteiger partial charge in [0.2, 0.25) is 5.91 Å². The second-order valence-corrected chi connectivity index (χ2v) is 6.91. The van der Waals surface area contributed by atoms with Gasteiger partial charge < -0.3 is 4.90 Å². The maximum Gasteiger partial charge on any atom is 0.226 e. The van der Waals surface area contributed by atoms with Crippen molar-refractivity contribution in [3.05, 3.63) is 35.6 Å². The largest absolute Gasteiger partial charge is 0.342 e. The summed E-state index contributed by atoms with van der Waals surface area (Å²) in [6.45, 7) is 4.17. The first-order valence-corrected chi connectivity index (χ1v) is 8.98. The molecule has 0 aliphatic carbocycles. The standard InChI is InChI=1S/C19H27FN2O/c20-18-10-4-3-8-16(18)14-21-11-7-9-17(15-21)19(23)22-12-5-1-2-6-13-22/h3-4,8,10,17H,1-2,5-7,9,11-15H2. The average Bonchev–Trinajstić information content (AvgIpc) is 2.86. The van der Waals surface area contributed by atoms with Crippen LogP contribution in [-0.2, 0) is 11.3 Å². The zero-order valence-electron chi connectivity index (χ0n) is 13.8. The monoisotopic (exact) mass is 318 g/mol. The maximum absolute atomic E-state index is 13.8. The third-order valence-electron chi connectivity index (χ3n) is 5.12. The first-order chi connectivity index (χ1) is 11.2. The molecule has 0 bridgehead atoms. The highest BCUT2D eigenvalue weighted by Gasteiger charge is 2.29. The zero-order valence-corrected chi connectivity index (χ0v) is 13.8. The molecule has 3 rings (SSSR count). The van der Waals surface area contributed by atoms with Crippen LogP contribution in [0.2, 0.25) is 0 Å². The normalized spacial score (nSPS) is 23.5. The van der Waals surface area contributed by atoms with Gasteiger partial charge in [0.15, 0.2) is 0 Å². The third-order valence-corrected chi connectivity index (χ3v) is 5.12. The summed E-state index contributed by atoms with van der Waals surface area (Å²) >= 11 is 0. The van der Waals surface area contributed by atoms with Gasteiger partial charge in [0.1, 0.15) is 5.82 Å². The molecule has 1 unspecified atom stereocenters. The lowest BCUT2D eigenvalue weighted by molar-refractivity contribution is -0.137. The molecule has 2 aliphatic heterocycles. The molecule has 0 radical (unpaired) electrons. The summed E-state index contributed by atoms with van der Waals surface area (Å²) in [5.74, 6) is 0.271. The van der Waals surface area contributed by atoms with E-state index >= 15 is 0 Å². The number of hydrogen-bond acceptors (Lipinski definition) is 2. The van der Waals surface area contributed by atoms with E-state index in [9.17, 15) is 9.18 Å². The Hall–Kier alpha value is -1.42. The first kappa shape index (κ1) is 16.4. The van der Waals surface area contributed by atoms with Crippen molar-refractivity contribution in [3.63, 3.8) is 0 Å². The number of rotatable bonds is 3. The molecule has 0 saturated carbocycles. The summed E-state index contributed by atoms with van der Waals surface area (Å²) in [6, 6.07) is 6.96. The fourth-order valence-electron chi connectivity index (χ4n) is 3.82. The van der Waals surface area contributed by atoms with Crippen LogP contribution in [0.5, 0.6) is 0 Å². The van der Waals surface area contributed by atoms with Crippen LogP contribution in [0, 0.1) is 11.7 Å². The van der Waals surface area contributed by atoms with Gasteiger partial charge in [-0.25, -0.2) is 4.39 Å². The number of piperidine rings is 1. The van der Waals surface area contributed by atoms with Crippen LogP contribution in [0.4, 0.5) is 4.39 Å². The van der Waals surface area contributed by atoms with E-state index in [2.05, 4.69) is 9.80 Å². The highest BCUT2D eigenvalue weighted by atomic mass is 19.1. The van der Waals surface area contributed by atoms with Crippen LogP contribution in [-0.4, -0.2) is 41.9 Å². The van der Waals surface area contributed by atoms with Crippen LogP contribution in [0.25, 0.3) is 0 Å². The third kappa shape index (κ3) is 4.31. The Bertz CT molecular complexity index is 526. The number of halogens is 1. The zero-order chi connectivity index (χ0) is 16.1. The van der Waals surface area contributed by atoms with Crippen LogP contribution >= 0.6 is 0 Å². The van der Waals surface area contributed by atoms with Gasteiger partial charge in [-0.05, 0) is 38.3 Å². The molecule has 1 atom stereocenters. The molecule has 2 saturated heterocycles. The van der Waals surface area contributed by atoms with Gasteiger partial charge in [-0.1, -0.05) is 31.0 Å². The molecule has 2 aliphatic rings. The van der Waals surface area contributed by atoms with Crippen molar-refractivity contribution in [2.75, 3.05) is 26.2 Å². The van der Waals surface area contributed by atoms with Crippen molar-refractivity contribution in [2.45, 2.75) is 45.1 Å². The fourth-order valence-corrected chi connectivity index (χ4v) is 3.82. The summed E-state index contributed by atoms with van der Waals surface area (Å²) in [4.78, 5) is 17.1. The molecule has 0 aromatic heterocycles. The SMILES string of the molecule is O=C(C1CCCN(Cc2ccccc2F)C1)N1CCCCCC1. The van der Waals surface area contributed by atoms with Crippen molar-refractivity contribution in [3.8, 4) is 0 Å². The highest BCUT2D eigenvalue weighted by Crippen LogP contribution is 2.23. The number of hydrogen-bond donors (Lipinski definition) is 0. The Morgan fingerprint density at radius 1 is 1.04 bits per heavy atom. The number of nitrogens with zero attached hydrogens (tertiary/aromatic N) is 2. The maximum atomic E-state index is 13.8. The number of carbonyl (C=O) groups excluding carboxylic acids is 1. The van der Waals surface area contributed by atoms with E-state index in [1.807, 2.05) is 12.1 Å². The van der Waals surface area contributed by atoms with Crippen molar-refractivity contribution in [2.24, 2.45) is 5.92 Å². The molecule has 0 spiro atoms. The summed E-state index contributed by atoms with van der Waals surface area (Å²) < 4.78 is 13.8. The molecule has 1 amide bonds. The molecular formula is C19H27FN2O. The van der Waals surface area contributed by atoms with E-state index in [1.165, 1.54) is 18.9 Å². The summed E-state index contributed by atoms with van der Waals surface area (Å²) in [6.07, 6.45) is 6.76. The van der Waals surface area contributed by atoms with Gasteiger partial charge in [-0.3, -0.25) is 9.69 Å². The van der Waals surface area contributed by atoms with Crippen molar-refractivity contribution in [1.82, 2.24) is 9.80 Å². The topological polar surface area (TPSA) is 23.6 Å². The van der Waals surface area contributed by atoms with Crippen LogP contribution < -0.4 is 0 Å². The molecule has 1 aromatic rings. The molecule has 126 valence electrons. The van der Waals surface area contributed by atoms with Crippen LogP contribution in [0.1, 0.15) is 44.1 Å². The molecular weight excluding hydrogens is 291 g/mol. The summed E-state index contributed by atoms with van der Waals surface area (Å²) in [7, 11) is 0. The average molecular weight is 318 g/mol. The molecule has 3 nitrogen and oxygen atoms in total. The Kier molecular flexibility index (Phi) is 5.65. The summed E-state index contributed by atoms with van der Waals surface area (Å²) in [5.41, 5.74) is 0.732. The predicted molar refractivity (Wildman–Crippen MR) is 89.4 cm³/mol. The van der Waals surface area contributed by atoms with E-state index in [-0.39, 0.29) is 11.7 Å². The second-order valence-electron chi connectivity index (χ2n) is 6.91. The second kappa shape index (κ2) is 7.91. The smallest absolute Gasteiger partial charge is 0.226 e. The van der Waals surface area contributed by atoms with E-state index in [0.717, 1.165) is 57.4 Å². The number of amides is 1. The van der Waals surface area contributed by atoms with Crippen LogP contribution in [0.15, 0.2) is 24.3 Å². The van der Waals surface area contributed by atoms with E-state index in [4.69, 9.17) is 0 Å². The fraction of sp³-hybridized carbons (Fsp3) is 0.632. The lowest BCUT2D eigenvalue weighted by Crippen LogP contribution is -2.45. The van der Waals surface area contributed by atoms with Crippen molar-refractivity contribution >= 4 is 5.91 Å². The Morgan fingerprint density at radius 3 is 2.52 bits per heavy atom. The first-order valence-electron chi connectivity index (χ1n) is 8.98. The van der Waals surface area contributed by atoms with E-state index in [1.54, 1.807) is 6.07 Å². The number of carbonyl (C=O) groups is 1. The molecule has 23 heavy (non-hydrogen) atoms. The van der Waals surface area contributed by atoms with Gasteiger partial charge >= 0.3 is 0 Å². The van der Waals surface area contributed by atoms with E-state index in [0.29, 0.717) is 12.5 Å². The van der Waals surface area contributed by atoms with Crippen molar-refractivity contribution in [1.29, 1.82) is 0 Å². The van der Waals surface area contributed by atoms with Gasteiger partial charge in [0.05, 0.1) is 5.92 Å². The van der Waals surface area contributed by atoms with Crippen molar-refractivity contribution < 1.29 is 9.18 Å². The predicted octanol–water partition coefficient (Wildman–Crippen LogP) is 3.44. The minimum absolute atomic E-state index is 0.0913. The molecule has 2 heterocycles. The van der Waals surface area contributed by atoms with Crippen LogP contribution in [0.3, 0.4) is 0 Å². The minimum Gasteiger partial charge on any atom is -0.342 e. The Morgan fingerprint density at radius 2 is 1.78 bits per heavy atom. The summed E-state index contributed by atoms with van der Waals surface area (Å²) in [5, 5.41) is 0. The van der Waals surface area contributed by atoms with Gasteiger partial charge in [-0.2, -0.15) is 0 Å². The quantitative estimate of drug-likeness (QED) is 0.852. The molecule has 2 fully saturated rings. The van der Waals surface area contributed by atoms with Gasteiger partial charge in [0, 0.05) is 31.7 Å². The lowest BCUT2D eigenvalue weighted by atomic mass is 9.96. The lowest BCUT2D eigenvalue weighted by Gasteiger charge is -2.34. The molecule has 4 heteroatoms. The van der Waals surface area contributed by atoms with Gasteiger partial charge in [0.25, 0.3) is 0 Å². The Balaban J connectivity index is 1.59. The molecule has 1 aromatic carbocycles. The number of benzene rings is 1. The molecule has 0 N–H and O–H groups in total. The Labute approximate surface area is 138 Å².